The Kier molecular flexibility index (Phi) is 5.36. The molecule has 0 spiro atoms. The van der Waals surface area contributed by atoms with Crippen LogP contribution in [0.2, 0.25) is 0 Å². The van der Waals surface area contributed by atoms with Crippen molar-refractivity contribution in [2.24, 2.45) is 0 Å². The van der Waals surface area contributed by atoms with Gasteiger partial charge >= 0.3 is 0 Å². The highest BCUT2D eigenvalue weighted by Crippen LogP contribution is 2.31. The maximum absolute atomic E-state index is 5.71. The van der Waals surface area contributed by atoms with Crippen LogP contribution < -0.4 is 19.7 Å². The molecule has 154 valence electrons. The number of anilines is 2. The zero-order chi connectivity index (χ0) is 19.5. The largest absolute Gasteiger partial charge is 0.486 e. The molecule has 1 unspecified atom stereocenters. The van der Waals surface area contributed by atoms with E-state index in [1.807, 2.05) is 18.3 Å². The first-order valence-corrected chi connectivity index (χ1v) is 10.4. The SMILES string of the molecule is c1cc(N2CCOCC2)nc(NC2CCN(Cc3ccc4c(c3)OCCO4)C2)n1. The van der Waals surface area contributed by atoms with Crippen molar-refractivity contribution < 1.29 is 14.2 Å². The first-order valence-electron chi connectivity index (χ1n) is 10.4. The molecule has 4 heterocycles. The summed E-state index contributed by atoms with van der Waals surface area (Å²) in [5.74, 6) is 3.38. The normalized spacial score (nSPS) is 21.9. The van der Waals surface area contributed by atoms with Gasteiger partial charge in [0.05, 0.1) is 13.2 Å². The van der Waals surface area contributed by atoms with E-state index in [0.29, 0.717) is 25.2 Å². The Morgan fingerprint density at radius 1 is 1.00 bits per heavy atom. The molecule has 3 aliphatic rings. The molecule has 1 aromatic heterocycles. The molecule has 5 rings (SSSR count). The van der Waals surface area contributed by atoms with Crippen LogP contribution in [0.1, 0.15) is 12.0 Å². The van der Waals surface area contributed by atoms with E-state index >= 15 is 0 Å². The predicted molar refractivity (Wildman–Crippen MR) is 110 cm³/mol. The van der Waals surface area contributed by atoms with E-state index in [2.05, 4.69) is 32.2 Å². The molecule has 0 aliphatic carbocycles. The minimum atomic E-state index is 0.354. The quantitative estimate of drug-likeness (QED) is 0.819. The van der Waals surface area contributed by atoms with Gasteiger partial charge in [0.15, 0.2) is 11.5 Å². The number of fused-ring (bicyclic) bond motifs is 1. The number of ether oxygens (including phenoxy) is 3. The molecule has 29 heavy (non-hydrogen) atoms. The number of hydrogen-bond donors (Lipinski definition) is 1. The van der Waals surface area contributed by atoms with Crippen molar-refractivity contribution in [2.75, 3.05) is 62.8 Å². The maximum atomic E-state index is 5.71. The lowest BCUT2D eigenvalue weighted by Gasteiger charge is -2.28. The van der Waals surface area contributed by atoms with Crippen molar-refractivity contribution in [3.8, 4) is 11.5 Å². The molecule has 1 N–H and O–H groups in total. The molecule has 3 aliphatic heterocycles. The minimum Gasteiger partial charge on any atom is -0.486 e. The Morgan fingerprint density at radius 3 is 2.76 bits per heavy atom. The third kappa shape index (κ3) is 4.38. The van der Waals surface area contributed by atoms with E-state index in [4.69, 9.17) is 19.2 Å². The second-order valence-electron chi connectivity index (χ2n) is 7.68. The summed E-state index contributed by atoms with van der Waals surface area (Å²) in [6.45, 7) is 7.44. The summed E-state index contributed by atoms with van der Waals surface area (Å²) in [5.41, 5.74) is 1.25. The van der Waals surface area contributed by atoms with Crippen LogP contribution >= 0.6 is 0 Å². The van der Waals surface area contributed by atoms with Crippen LogP contribution in [-0.4, -0.2) is 73.5 Å². The highest BCUT2D eigenvalue weighted by atomic mass is 16.6. The number of rotatable bonds is 5. The van der Waals surface area contributed by atoms with Gasteiger partial charge in [-0.15, -0.1) is 0 Å². The fourth-order valence-corrected chi connectivity index (χ4v) is 4.11. The summed E-state index contributed by atoms with van der Waals surface area (Å²) in [6.07, 6.45) is 2.91. The van der Waals surface area contributed by atoms with E-state index in [9.17, 15) is 0 Å². The molecular formula is C21H27N5O3. The minimum absolute atomic E-state index is 0.354. The van der Waals surface area contributed by atoms with Gasteiger partial charge in [-0.05, 0) is 30.2 Å². The molecule has 0 saturated carbocycles. The van der Waals surface area contributed by atoms with Gasteiger partial charge in [-0.2, -0.15) is 4.98 Å². The van der Waals surface area contributed by atoms with E-state index in [0.717, 1.165) is 69.7 Å². The Hall–Kier alpha value is -2.58. The average Bonchev–Trinajstić information content (AvgIpc) is 3.21. The van der Waals surface area contributed by atoms with E-state index < -0.39 is 0 Å². The Bertz CT molecular complexity index is 843. The average molecular weight is 397 g/mol. The van der Waals surface area contributed by atoms with Crippen LogP contribution in [0.25, 0.3) is 0 Å². The molecular weight excluding hydrogens is 370 g/mol. The molecule has 2 saturated heterocycles. The van der Waals surface area contributed by atoms with Gasteiger partial charge < -0.3 is 24.4 Å². The predicted octanol–water partition coefficient (Wildman–Crippen LogP) is 1.77. The molecule has 0 bridgehead atoms. The third-order valence-corrected chi connectivity index (χ3v) is 5.59. The topological polar surface area (TPSA) is 72.0 Å². The van der Waals surface area contributed by atoms with Gasteiger partial charge in [0.2, 0.25) is 5.95 Å². The fraction of sp³-hybridized carbons (Fsp3) is 0.524. The highest BCUT2D eigenvalue weighted by Gasteiger charge is 2.24. The molecule has 0 amide bonds. The van der Waals surface area contributed by atoms with Crippen LogP contribution in [0, 0.1) is 0 Å². The lowest BCUT2D eigenvalue weighted by Crippen LogP contribution is -2.37. The lowest BCUT2D eigenvalue weighted by molar-refractivity contribution is 0.122. The van der Waals surface area contributed by atoms with Gasteiger partial charge in [0, 0.05) is 45.0 Å². The highest BCUT2D eigenvalue weighted by molar-refractivity contribution is 5.44. The molecule has 0 radical (unpaired) electrons. The first kappa shape index (κ1) is 18.4. The molecule has 8 heteroatoms. The van der Waals surface area contributed by atoms with Gasteiger partial charge in [0.1, 0.15) is 19.0 Å². The van der Waals surface area contributed by atoms with Crippen LogP contribution in [0.15, 0.2) is 30.5 Å². The fourth-order valence-electron chi connectivity index (χ4n) is 4.11. The number of benzene rings is 1. The van der Waals surface area contributed by atoms with Gasteiger partial charge in [-0.3, -0.25) is 4.90 Å². The summed E-state index contributed by atoms with van der Waals surface area (Å²) in [5, 5.41) is 3.52. The third-order valence-electron chi connectivity index (χ3n) is 5.59. The van der Waals surface area contributed by atoms with Crippen molar-refractivity contribution in [3.05, 3.63) is 36.0 Å². The molecule has 2 fully saturated rings. The number of likely N-dealkylation sites (tertiary alicyclic amines) is 1. The maximum Gasteiger partial charge on any atom is 0.224 e. The smallest absolute Gasteiger partial charge is 0.224 e. The van der Waals surface area contributed by atoms with Crippen LogP contribution in [0.3, 0.4) is 0 Å². The van der Waals surface area contributed by atoms with Crippen molar-refractivity contribution in [1.82, 2.24) is 14.9 Å². The molecule has 8 nitrogen and oxygen atoms in total. The van der Waals surface area contributed by atoms with Crippen LogP contribution in [-0.2, 0) is 11.3 Å². The summed E-state index contributed by atoms with van der Waals surface area (Å²) >= 11 is 0. The zero-order valence-electron chi connectivity index (χ0n) is 16.5. The van der Waals surface area contributed by atoms with Crippen molar-refractivity contribution in [1.29, 1.82) is 0 Å². The summed E-state index contributed by atoms with van der Waals surface area (Å²) in [4.78, 5) is 13.8. The first-order chi connectivity index (χ1) is 14.3. The second-order valence-corrected chi connectivity index (χ2v) is 7.68. The van der Waals surface area contributed by atoms with E-state index in [-0.39, 0.29) is 0 Å². The second kappa shape index (κ2) is 8.42. The lowest BCUT2D eigenvalue weighted by atomic mass is 10.2. The molecule has 2 aromatic rings. The van der Waals surface area contributed by atoms with E-state index in [1.165, 1.54) is 5.56 Å². The summed E-state index contributed by atoms with van der Waals surface area (Å²) in [6, 6.07) is 8.57. The number of nitrogens with one attached hydrogen (secondary N) is 1. The number of hydrogen-bond acceptors (Lipinski definition) is 8. The van der Waals surface area contributed by atoms with Gasteiger partial charge in [-0.25, -0.2) is 4.98 Å². The Balaban J connectivity index is 1.17. The summed E-state index contributed by atoms with van der Waals surface area (Å²) in [7, 11) is 0. The number of morpholine rings is 1. The zero-order valence-corrected chi connectivity index (χ0v) is 16.5. The van der Waals surface area contributed by atoms with Crippen molar-refractivity contribution >= 4 is 11.8 Å². The van der Waals surface area contributed by atoms with Gasteiger partial charge in [0.25, 0.3) is 0 Å². The standard InChI is InChI=1S/C21H27N5O3/c1-2-18-19(29-12-11-28-18)13-16(1)14-25-6-4-17(15-25)23-21-22-5-3-20(24-21)26-7-9-27-10-8-26/h1-3,5,13,17H,4,6-12,14-15H2,(H,22,23,24). The molecule has 1 atom stereocenters. The van der Waals surface area contributed by atoms with Crippen LogP contribution in [0.4, 0.5) is 11.8 Å². The Labute approximate surface area is 170 Å². The van der Waals surface area contributed by atoms with E-state index in [1.54, 1.807) is 0 Å². The van der Waals surface area contributed by atoms with Gasteiger partial charge in [-0.1, -0.05) is 6.07 Å². The van der Waals surface area contributed by atoms with Crippen LogP contribution in [0.5, 0.6) is 11.5 Å². The monoisotopic (exact) mass is 397 g/mol. The number of nitrogens with zero attached hydrogens (tertiary/aromatic N) is 4. The van der Waals surface area contributed by atoms with Crippen molar-refractivity contribution in [2.45, 2.75) is 19.0 Å². The number of aromatic nitrogens is 2. The Morgan fingerprint density at radius 2 is 1.86 bits per heavy atom. The summed E-state index contributed by atoms with van der Waals surface area (Å²) < 4.78 is 16.7. The molecule has 1 aromatic carbocycles. The van der Waals surface area contributed by atoms with Crippen molar-refractivity contribution in [3.63, 3.8) is 0 Å².